The molecule has 1 unspecified atom stereocenters. The second kappa shape index (κ2) is 7.75. The van der Waals surface area contributed by atoms with E-state index >= 15 is 0 Å². The Morgan fingerprint density at radius 3 is 1.79 bits per heavy atom. The lowest BCUT2D eigenvalue weighted by Crippen LogP contribution is -1.97. The van der Waals surface area contributed by atoms with Crippen molar-refractivity contribution in [1.29, 1.82) is 0 Å². The highest BCUT2D eigenvalue weighted by molar-refractivity contribution is 7.72. The van der Waals surface area contributed by atoms with Gasteiger partial charge in [-0.3, -0.25) is 0 Å². The van der Waals surface area contributed by atoms with Gasteiger partial charge in [-0.15, -0.1) is 0 Å². The van der Waals surface area contributed by atoms with E-state index in [4.69, 9.17) is 0 Å². The summed E-state index contributed by atoms with van der Waals surface area (Å²) in [5.41, 5.74) is 3.96. The molecule has 0 fully saturated rings. The van der Waals surface area contributed by atoms with Crippen LogP contribution in [0, 0.1) is 0 Å². The molecule has 0 N–H and O–H groups in total. The van der Waals surface area contributed by atoms with Gasteiger partial charge < -0.3 is 0 Å². The van der Waals surface area contributed by atoms with Crippen LogP contribution in [0.3, 0.4) is 0 Å². The first kappa shape index (κ1) is 16.2. The minimum absolute atomic E-state index is 0.620. The fraction of sp³-hybridized carbons (Fsp3) is 0.0476. The summed E-state index contributed by atoms with van der Waals surface area (Å²) in [6.07, 6.45) is 3.58. The van der Waals surface area contributed by atoms with Crippen LogP contribution in [0.2, 0.25) is 0 Å². The molecule has 3 aromatic rings. The van der Waals surface area contributed by atoms with Gasteiger partial charge in [-0.2, -0.15) is 0 Å². The largest absolute Gasteiger partial charge is 0.231 e. The van der Waals surface area contributed by atoms with E-state index in [2.05, 4.69) is 0 Å². The van der Waals surface area contributed by atoms with Crippen LogP contribution in [0.1, 0.15) is 16.4 Å². The molecule has 0 aromatic heterocycles. The highest BCUT2D eigenvalue weighted by Gasteiger charge is 2.11. The molecule has 0 amide bonds. The van der Waals surface area contributed by atoms with Crippen LogP contribution >= 0.6 is 0 Å². The van der Waals surface area contributed by atoms with Gasteiger partial charge in [-0.1, -0.05) is 97.1 Å². The second-order valence-electron chi connectivity index (χ2n) is 5.49. The van der Waals surface area contributed by atoms with Crippen LogP contribution in [0.15, 0.2) is 91.0 Å². The number of thiol groups is 1. The SMILES string of the molecule is O=[SH](=O)C(C=Cc1ccccc1)c1ccc(-c2ccccc2)cc1. The molecular weight excluding hydrogens is 316 g/mol. The highest BCUT2D eigenvalue weighted by Crippen LogP contribution is 2.24. The number of benzene rings is 3. The maximum absolute atomic E-state index is 11.7. The number of hydrogen-bond acceptors (Lipinski definition) is 2. The third kappa shape index (κ3) is 4.00. The molecule has 24 heavy (non-hydrogen) atoms. The number of hydrogen-bond donors (Lipinski definition) is 1. The molecule has 0 bridgehead atoms. The maximum Gasteiger partial charge on any atom is 0.150 e. The summed E-state index contributed by atoms with van der Waals surface area (Å²) in [5, 5.41) is -0.620. The third-order valence-corrected chi connectivity index (χ3v) is 4.78. The standard InChI is InChI=1S/C21H18O2S/c22-24(23)21(16-11-17-7-3-1-4-8-17)20-14-12-19(13-15-20)18-9-5-2-6-10-18/h1-16,21,24H. The van der Waals surface area contributed by atoms with E-state index in [1.807, 2.05) is 91.0 Å². The summed E-state index contributed by atoms with van der Waals surface area (Å²) < 4.78 is 23.3. The molecule has 120 valence electrons. The predicted molar refractivity (Wildman–Crippen MR) is 100 cm³/mol. The summed E-state index contributed by atoms with van der Waals surface area (Å²) in [7, 11) is -2.59. The minimum atomic E-state index is -2.59. The van der Waals surface area contributed by atoms with Crippen LogP contribution in [-0.2, 0) is 10.7 Å². The fourth-order valence-electron chi connectivity index (χ4n) is 2.57. The van der Waals surface area contributed by atoms with Gasteiger partial charge in [-0.05, 0) is 22.3 Å². The molecule has 0 aliphatic carbocycles. The zero-order valence-electron chi connectivity index (χ0n) is 13.1. The summed E-state index contributed by atoms with van der Waals surface area (Å²) >= 11 is 0. The molecule has 1 atom stereocenters. The van der Waals surface area contributed by atoms with Gasteiger partial charge in [0.25, 0.3) is 0 Å². The van der Waals surface area contributed by atoms with Gasteiger partial charge in [0, 0.05) is 0 Å². The smallest absolute Gasteiger partial charge is 0.150 e. The van der Waals surface area contributed by atoms with Crippen LogP contribution in [-0.4, -0.2) is 8.42 Å². The topological polar surface area (TPSA) is 34.1 Å². The van der Waals surface area contributed by atoms with Crippen molar-refractivity contribution in [1.82, 2.24) is 0 Å². The highest BCUT2D eigenvalue weighted by atomic mass is 32.2. The zero-order valence-corrected chi connectivity index (χ0v) is 14.0. The van der Waals surface area contributed by atoms with Crippen LogP contribution in [0.25, 0.3) is 17.2 Å². The third-order valence-electron chi connectivity index (χ3n) is 3.86. The van der Waals surface area contributed by atoms with E-state index < -0.39 is 16.0 Å². The van der Waals surface area contributed by atoms with E-state index in [-0.39, 0.29) is 0 Å². The quantitative estimate of drug-likeness (QED) is 0.685. The zero-order chi connectivity index (χ0) is 16.8. The van der Waals surface area contributed by atoms with Crippen molar-refractivity contribution in [2.45, 2.75) is 5.25 Å². The molecule has 0 saturated heterocycles. The molecule has 0 aliphatic heterocycles. The van der Waals surface area contributed by atoms with E-state index in [0.29, 0.717) is 0 Å². The molecule has 0 heterocycles. The monoisotopic (exact) mass is 334 g/mol. The van der Waals surface area contributed by atoms with E-state index in [1.165, 1.54) is 0 Å². The lowest BCUT2D eigenvalue weighted by molar-refractivity contribution is 0.609. The van der Waals surface area contributed by atoms with Crippen molar-refractivity contribution in [3.8, 4) is 11.1 Å². The second-order valence-corrected chi connectivity index (χ2v) is 6.62. The molecule has 0 spiro atoms. The Kier molecular flexibility index (Phi) is 5.24. The van der Waals surface area contributed by atoms with Gasteiger partial charge >= 0.3 is 0 Å². The van der Waals surface area contributed by atoms with Crippen molar-refractivity contribution < 1.29 is 8.42 Å². The average Bonchev–Trinajstić information content (AvgIpc) is 2.64. The van der Waals surface area contributed by atoms with Crippen molar-refractivity contribution in [3.05, 3.63) is 102 Å². The van der Waals surface area contributed by atoms with E-state index in [0.717, 1.165) is 22.3 Å². The van der Waals surface area contributed by atoms with Gasteiger partial charge in [0.15, 0.2) is 10.7 Å². The Morgan fingerprint density at radius 1 is 0.667 bits per heavy atom. The summed E-state index contributed by atoms with van der Waals surface area (Å²) in [4.78, 5) is 0. The predicted octanol–water partition coefficient (Wildman–Crippen LogP) is 4.72. The summed E-state index contributed by atoms with van der Waals surface area (Å²) in [6.45, 7) is 0. The Morgan fingerprint density at radius 2 is 1.21 bits per heavy atom. The first-order valence-corrected chi connectivity index (χ1v) is 9.01. The first-order valence-electron chi connectivity index (χ1n) is 7.76. The lowest BCUT2D eigenvalue weighted by Gasteiger charge is -2.08. The molecule has 3 rings (SSSR count). The Bertz CT molecular complexity index is 872. The van der Waals surface area contributed by atoms with Crippen LogP contribution in [0.4, 0.5) is 0 Å². The van der Waals surface area contributed by atoms with E-state index in [9.17, 15) is 8.42 Å². The Hall–Kier alpha value is -2.65. The van der Waals surface area contributed by atoms with Crippen molar-refractivity contribution in [2.75, 3.05) is 0 Å². The first-order chi connectivity index (χ1) is 11.7. The maximum atomic E-state index is 11.7. The lowest BCUT2D eigenvalue weighted by atomic mass is 10.0. The summed E-state index contributed by atoms with van der Waals surface area (Å²) in [6, 6.07) is 27.4. The van der Waals surface area contributed by atoms with Crippen LogP contribution in [0.5, 0.6) is 0 Å². The van der Waals surface area contributed by atoms with Gasteiger partial charge in [0.2, 0.25) is 0 Å². The van der Waals surface area contributed by atoms with Crippen molar-refractivity contribution in [2.24, 2.45) is 0 Å². The Balaban J connectivity index is 1.86. The van der Waals surface area contributed by atoms with E-state index in [1.54, 1.807) is 6.08 Å². The fourth-order valence-corrected chi connectivity index (χ4v) is 3.22. The minimum Gasteiger partial charge on any atom is -0.231 e. The van der Waals surface area contributed by atoms with Crippen molar-refractivity contribution >= 4 is 16.8 Å². The number of rotatable bonds is 5. The molecule has 3 aromatic carbocycles. The normalized spacial score (nSPS) is 12.5. The average molecular weight is 334 g/mol. The van der Waals surface area contributed by atoms with Crippen molar-refractivity contribution in [3.63, 3.8) is 0 Å². The van der Waals surface area contributed by atoms with Gasteiger partial charge in [0.1, 0.15) is 5.25 Å². The molecule has 0 saturated carbocycles. The molecule has 2 nitrogen and oxygen atoms in total. The van der Waals surface area contributed by atoms with Crippen LogP contribution < -0.4 is 0 Å². The van der Waals surface area contributed by atoms with Gasteiger partial charge in [0.05, 0.1) is 0 Å². The summed E-state index contributed by atoms with van der Waals surface area (Å²) in [5.74, 6) is 0. The Labute approximate surface area is 144 Å². The molecule has 0 aliphatic rings. The molecular formula is C21H18O2S. The molecule has 3 heteroatoms. The van der Waals surface area contributed by atoms with Gasteiger partial charge in [-0.25, -0.2) is 8.42 Å². The molecule has 0 radical (unpaired) electrons.